The van der Waals surface area contributed by atoms with Gasteiger partial charge in [0.2, 0.25) is 10.0 Å². The maximum Gasteiger partial charge on any atom is 0.238 e. The number of anilines is 1. The molecule has 3 N–H and O–H groups in total. The van der Waals surface area contributed by atoms with Crippen molar-refractivity contribution in [1.29, 1.82) is 0 Å². The van der Waals surface area contributed by atoms with E-state index < -0.39 is 10.0 Å². The minimum absolute atomic E-state index is 0.110. The van der Waals surface area contributed by atoms with Gasteiger partial charge < -0.3 is 9.73 Å². The van der Waals surface area contributed by atoms with Crippen molar-refractivity contribution in [2.45, 2.75) is 32.2 Å². The molecule has 0 fully saturated rings. The van der Waals surface area contributed by atoms with Crippen molar-refractivity contribution in [3.63, 3.8) is 0 Å². The molecule has 20 heavy (non-hydrogen) atoms. The van der Waals surface area contributed by atoms with E-state index in [0.717, 1.165) is 28.1 Å². The van der Waals surface area contributed by atoms with Gasteiger partial charge in [0, 0.05) is 5.69 Å². The summed E-state index contributed by atoms with van der Waals surface area (Å²) in [6, 6.07) is 5.01. The Morgan fingerprint density at radius 1 is 1.20 bits per heavy atom. The molecule has 0 radical (unpaired) electrons. The van der Waals surface area contributed by atoms with E-state index in [4.69, 9.17) is 9.56 Å². The Morgan fingerprint density at radius 3 is 2.45 bits per heavy atom. The minimum Gasteiger partial charge on any atom is -0.467 e. The van der Waals surface area contributed by atoms with Crippen LogP contribution in [0.15, 0.2) is 33.8 Å². The normalized spacial score (nSPS) is 11.6. The standard InChI is InChI=1S/C14H18N2O3S/c1-9-4-5-19-14(9)8-16-13-7-12(20(15,17)18)6-10(2)11(13)3/h4-7,16H,8H2,1-3H3,(H2,15,17,18). The van der Waals surface area contributed by atoms with E-state index in [9.17, 15) is 8.42 Å². The van der Waals surface area contributed by atoms with Crippen LogP contribution in [0.5, 0.6) is 0 Å². The fourth-order valence-electron chi connectivity index (χ4n) is 1.93. The van der Waals surface area contributed by atoms with Crippen molar-refractivity contribution >= 4 is 15.7 Å². The average molecular weight is 294 g/mol. The first-order valence-corrected chi connectivity index (χ1v) is 7.74. The second-order valence-electron chi connectivity index (χ2n) is 4.84. The average Bonchev–Trinajstić information content (AvgIpc) is 2.75. The van der Waals surface area contributed by atoms with Gasteiger partial charge in [-0.2, -0.15) is 0 Å². The van der Waals surface area contributed by atoms with Crippen molar-refractivity contribution in [1.82, 2.24) is 0 Å². The maximum atomic E-state index is 11.5. The molecule has 1 aromatic carbocycles. The highest BCUT2D eigenvalue weighted by Crippen LogP contribution is 2.24. The van der Waals surface area contributed by atoms with Crippen LogP contribution in [0.25, 0.3) is 0 Å². The number of hydrogen-bond donors (Lipinski definition) is 2. The summed E-state index contributed by atoms with van der Waals surface area (Å²) in [6.07, 6.45) is 1.63. The zero-order valence-corrected chi connectivity index (χ0v) is 12.5. The van der Waals surface area contributed by atoms with E-state index in [2.05, 4.69) is 5.32 Å². The largest absolute Gasteiger partial charge is 0.467 e. The monoisotopic (exact) mass is 294 g/mol. The highest BCUT2D eigenvalue weighted by atomic mass is 32.2. The number of nitrogens with one attached hydrogen (secondary N) is 1. The molecule has 0 saturated heterocycles. The third kappa shape index (κ3) is 3.02. The summed E-state index contributed by atoms with van der Waals surface area (Å²) in [5.74, 6) is 0.822. The first-order valence-electron chi connectivity index (χ1n) is 6.20. The van der Waals surface area contributed by atoms with Gasteiger partial charge in [0.25, 0.3) is 0 Å². The van der Waals surface area contributed by atoms with E-state index in [-0.39, 0.29) is 4.90 Å². The lowest BCUT2D eigenvalue weighted by Gasteiger charge is -2.13. The molecule has 0 saturated carbocycles. The molecule has 0 bridgehead atoms. The summed E-state index contributed by atoms with van der Waals surface area (Å²) in [6.45, 7) is 6.24. The summed E-state index contributed by atoms with van der Waals surface area (Å²) in [5, 5.41) is 8.38. The molecular weight excluding hydrogens is 276 g/mol. The van der Waals surface area contributed by atoms with Gasteiger partial charge in [-0.1, -0.05) is 0 Å². The van der Waals surface area contributed by atoms with Crippen LogP contribution in [0.1, 0.15) is 22.5 Å². The molecule has 0 amide bonds. The zero-order chi connectivity index (χ0) is 14.9. The van der Waals surface area contributed by atoms with Gasteiger partial charge in [-0.15, -0.1) is 0 Å². The van der Waals surface area contributed by atoms with Crippen LogP contribution in [0, 0.1) is 20.8 Å². The van der Waals surface area contributed by atoms with Gasteiger partial charge >= 0.3 is 0 Å². The van der Waals surface area contributed by atoms with Gasteiger partial charge in [0.15, 0.2) is 0 Å². The lowest BCUT2D eigenvalue weighted by molar-refractivity contribution is 0.515. The Bertz CT molecular complexity index is 733. The molecule has 0 aliphatic heterocycles. The Balaban J connectivity index is 2.32. The van der Waals surface area contributed by atoms with Gasteiger partial charge in [-0.05, 0) is 55.7 Å². The van der Waals surface area contributed by atoms with Crippen molar-refractivity contribution in [2.75, 3.05) is 5.32 Å². The molecule has 0 spiro atoms. The number of nitrogens with two attached hydrogens (primary N) is 1. The molecular formula is C14H18N2O3S. The topological polar surface area (TPSA) is 85.3 Å². The molecule has 2 rings (SSSR count). The number of rotatable bonds is 4. The Hall–Kier alpha value is -1.79. The summed E-state index contributed by atoms with van der Waals surface area (Å²) in [4.78, 5) is 0.110. The van der Waals surface area contributed by atoms with Crippen molar-refractivity contribution in [3.8, 4) is 0 Å². The summed E-state index contributed by atoms with van der Waals surface area (Å²) in [5.41, 5.74) is 3.65. The molecule has 108 valence electrons. The molecule has 1 aromatic heterocycles. The van der Waals surface area contributed by atoms with E-state index in [1.807, 2.05) is 26.8 Å². The van der Waals surface area contributed by atoms with E-state index in [0.29, 0.717) is 6.54 Å². The third-order valence-electron chi connectivity index (χ3n) is 3.38. The molecule has 0 atom stereocenters. The van der Waals surface area contributed by atoms with Crippen molar-refractivity contribution < 1.29 is 12.8 Å². The molecule has 2 aromatic rings. The third-order valence-corrected chi connectivity index (χ3v) is 4.27. The van der Waals surface area contributed by atoms with E-state index in [1.165, 1.54) is 0 Å². The first-order chi connectivity index (χ1) is 9.29. The van der Waals surface area contributed by atoms with Gasteiger partial charge in [0.05, 0.1) is 17.7 Å². The zero-order valence-electron chi connectivity index (χ0n) is 11.7. The van der Waals surface area contributed by atoms with Crippen LogP contribution in [0.3, 0.4) is 0 Å². The van der Waals surface area contributed by atoms with Crippen LogP contribution in [0.4, 0.5) is 5.69 Å². The van der Waals surface area contributed by atoms with E-state index in [1.54, 1.807) is 18.4 Å². The van der Waals surface area contributed by atoms with Crippen LogP contribution in [-0.2, 0) is 16.6 Å². The molecule has 6 heteroatoms. The Kier molecular flexibility index (Phi) is 3.87. The lowest BCUT2D eigenvalue weighted by Crippen LogP contribution is -2.13. The smallest absolute Gasteiger partial charge is 0.238 e. The molecule has 0 aliphatic rings. The maximum absolute atomic E-state index is 11.5. The number of primary sulfonamides is 1. The summed E-state index contributed by atoms with van der Waals surface area (Å²) in [7, 11) is -3.71. The quantitative estimate of drug-likeness (QED) is 0.907. The second-order valence-corrected chi connectivity index (χ2v) is 6.40. The molecule has 1 heterocycles. The van der Waals surface area contributed by atoms with Crippen molar-refractivity contribution in [2.24, 2.45) is 5.14 Å². The van der Waals surface area contributed by atoms with E-state index >= 15 is 0 Å². The number of hydrogen-bond acceptors (Lipinski definition) is 4. The number of aryl methyl sites for hydroxylation is 2. The predicted molar refractivity (Wildman–Crippen MR) is 78.1 cm³/mol. The fourth-order valence-corrected chi connectivity index (χ4v) is 2.56. The lowest BCUT2D eigenvalue weighted by atomic mass is 10.1. The van der Waals surface area contributed by atoms with Crippen LogP contribution in [-0.4, -0.2) is 8.42 Å². The second kappa shape index (κ2) is 5.30. The first kappa shape index (κ1) is 14.6. The Morgan fingerprint density at radius 2 is 1.90 bits per heavy atom. The summed E-state index contributed by atoms with van der Waals surface area (Å²) < 4.78 is 28.3. The highest BCUT2D eigenvalue weighted by molar-refractivity contribution is 7.89. The fraction of sp³-hybridized carbons (Fsp3) is 0.286. The minimum atomic E-state index is -3.71. The van der Waals surface area contributed by atoms with Gasteiger partial charge in [-0.3, -0.25) is 0 Å². The van der Waals surface area contributed by atoms with Crippen molar-refractivity contribution in [3.05, 3.63) is 46.9 Å². The molecule has 0 aliphatic carbocycles. The van der Waals surface area contributed by atoms with Gasteiger partial charge in [0.1, 0.15) is 5.76 Å². The van der Waals surface area contributed by atoms with Gasteiger partial charge in [-0.25, -0.2) is 13.6 Å². The number of benzene rings is 1. The molecule has 5 nitrogen and oxygen atoms in total. The molecule has 0 unspecified atom stereocenters. The SMILES string of the molecule is Cc1ccoc1CNc1cc(S(N)(=O)=O)cc(C)c1C. The number of furan rings is 1. The van der Waals surface area contributed by atoms with Crippen LogP contribution >= 0.6 is 0 Å². The Labute approximate surface area is 118 Å². The number of sulfonamides is 1. The summed E-state index contributed by atoms with van der Waals surface area (Å²) >= 11 is 0. The highest BCUT2D eigenvalue weighted by Gasteiger charge is 2.13. The van der Waals surface area contributed by atoms with Crippen LogP contribution in [0.2, 0.25) is 0 Å². The van der Waals surface area contributed by atoms with Crippen LogP contribution < -0.4 is 10.5 Å². The predicted octanol–water partition coefficient (Wildman–Crippen LogP) is 2.46.